The van der Waals surface area contributed by atoms with Gasteiger partial charge < -0.3 is 10.1 Å². The summed E-state index contributed by atoms with van der Waals surface area (Å²) < 4.78 is 7.22. The van der Waals surface area contributed by atoms with Crippen molar-refractivity contribution in [3.8, 4) is 5.75 Å². The molecular weight excluding hydrogens is 314 g/mol. The molecule has 1 unspecified atom stereocenters. The minimum atomic E-state index is 0. The standard InChI is InChI=1S/C14H20BrNO.ClH/c1-14(2,3)12-8-10(15)4-5-13(12)17-11-6-7-16-9-11;/h4-5,8,11,16H,6-7,9H2,1-3H3;1H. The van der Waals surface area contributed by atoms with Gasteiger partial charge in [-0.3, -0.25) is 0 Å². The van der Waals surface area contributed by atoms with E-state index in [-0.39, 0.29) is 17.8 Å². The Morgan fingerprint density at radius 3 is 2.61 bits per heavy atom. The van der Waals surface area contributed by atoms with Crippen molar-refractivity contribution in [2.45, 2.75) is 38.7 Å². The summed E-state index contributed by atoms with van der Waals surface area (Å²) in [4.78, 5) is 0. The van der Waals surface area contributed by atoms with Crippen LogP contribution in [0.15, 0.2) is 22.7 Å². The van der Waals surface area contributed by atoms with Crippen molar-refractivity contribution < 1.29 is 4.74 Å². The molecule has 0 aliphatic carbocycles. The number of ether oxygens (including phenoxy) is 1. The molecule has 0 spiro atoms. The van der Waals surface area contributed by atoms with E-state index in [2.05, 4.69) is 54.2 Å². The Hall–Kier alpha value is -0.250. The van der Waals surface area contributed by atoms with E-state index >= 15 is 0 Å². The Bertz CT molecular complexity index is 397. The lowest BCUT2D eigenvalue weighted by Crippen LogP contribution is -2.22. The minimum absolute atomic E-state index is 0. The second-order valence-electron chi connectivity index (χ2n) is 5.62. The zero-order chi connectivity index (χ0) is 12.5. The van der Waals surface area contributed by atoms with Crippen LogP contribution >= 0.6 is 28.3 Å². The van der Waals surface area contributed by atoms with Crippen molar-refractivity contribution >= 4 is 28.3 Å². The topological polar surface area (TPSA) is 21.3 Å². The number of hydrogen-bond donors (Lipinski definition) is 1. The Kier molecular flexibility index (Phi) is 5.50. The molecule has 1 atom stereocenters. The van der Waals surface area contributed by atoms with Gasteiger partial charge in [0.05, 0.1) is 0 Å². The third-order valence-electron chi connectivity index (χ3n) is 3.06. The van der Waals surface area contributed by atoms with Gasteiger partial charge in [-0.25, -0.2) is 0 Å². The number of hydrogen-bond acceptors (Lipinski definition) is 2. The molecular formula is C14H21BrClNO. The third-order valence-corrected chi connectivity index (χ3v) is 3.55. The molecule has 18 heavy (non-hydrogen) atoms. The quantitative estimate of drug-likeness (QED) is 0.885. The summed E-state index contributed by atoms with van der Waals surface area (Å²) in [5, 5.41) is 3.33. The van der Waals surface area contributed by atoms with Crippen LogP contribution in [0.3, 0.4) is 0 Å². The molecule has 1 N–H and O–H groups in total. The first kappa shape index (κ1) is 15.8. The fourth-order valence-corrected chi connectivity index (χ4v) is 2.46. The summed E-state index contributed by atoms with van der Waals surface area (Å²) in [6.45, 7) is 8.67. The van der Waals surface area contributed by atoms with Crippen LogP contribution in [0.1, 0.15) is 32.8 Å². The van der Waals surface area contributed by atoms with Crippen molar-refractivity contribution in [1.82, 2.24) is 5.32 Å². The maximum atomic E-state index is 6.10. The highest BCUT2D eigenvalue weighted by molar-refractivity contribution is 9.10. The van der Waals surface area contributed by atoms with Crippen molar-refractivity contribution in [3.63, 3.8) is 0 Å². The summed E-state index contributed by atoms with van der Waals surface area (Å²) in [7, 11) is 0. The predicted octanol–water partition coefficient (Wildman–Crippen LogP) is 3.91. The van der Waals surface area contributed by atoms with Crippen LogP contribution in [-0.2, 0) is 5.41 Å². The maximum Gasteiger partial charge on any atom is 0.123 e. The van der Waals surface area contributed by atoms with Crippen LogP contribution in [0.2, 0.25) is 0 Å². The van der Waals surface area contributed by atoms with E-state index in [1.165, 1.54) is 5.56 Å². The van der Waals surface area contributed by atoms with Crippen molar-refractivity contribution in [2.24, 2.45) is 0 Å². The summed E-state index contributed by atoms with van der Waals surface area (Å²) in [6.07, 6.45) is 1.41. The molecule has 0 saturated carbocycles. The van der Waals surface area contributed by atoms with E-state index in [9.17, 15) is 0 Å². The normalized spacial score (nSPS) is 19.4. The third kappa shape index (κ3) is 3.87. The zero-order valence-corrected chi connectivity index (χ0v) is 13.5. The number of rotatable bonds is 2. The van der Waals surface area contributed by atoms with E-state index < -0.39 is 0 Å². The highest BCUT2D eigenvalue weighted by Crippen LogP contribution is 2.34. The summed E-state index contributed by atoms with van der Waals surface area (Å²) in [5.74, 6) is 1.02. The zero-order valence-electron chi connectivity index (χ0n) is 11.1. The lowest BCUT2D eigenvalue weighted by Gasteiger charge is -2.25. The smallest absolute Gasteiger partial charge is 0.123 e. The molecule has 1 aromatic rings. The van der Waals surface area contributed by atoms with Gasteiger partial charge in [-0.2, -0.15) is 0 Å². The predicted molar refractivity (Wildman–Crippen MR) is 82.0 cm³/mol. The Labute approximate surface area is 124 Å². The van der Waals surface area contributed by atoms with Gasteiger partial charge >= 0.3 is 0 Å². The number of halogens is 2. The van der Waals surface area contributed by atoms with Crippen molar-refractivity contribution in [2.75, 3.05) is 13.1 Å². The summed E-state index contributed by atoms with van der Waals surface area (Å²) in [6, 6.07) is 6.29. The van der Waals surface area contributed by atoms with E-state index in [0.717, 1.165) is 29.7 Å². The Morgan fingerprint density at radius 2 is 2.06 bits per heavy atom. The lowest BCUT2D eigenvalue weighted by atomic mass is 9.86. The summed E-state index contributed by atoms with van der Waals surface area (Å²) >= 11 is 3.53. The summed E-state index contributed by atoms with van der Waals surface area (Å²) in [5.41, 5.74) is 1.37. The average molecular weight is 335 g/mol. The van der Waals surface area contributed by atoms with Gasteiger partial charge in [-0.05, 0) is 36.6 Å². The highest BCUT2D eigenvalue weighted by atomic mass is 79.9. The molecule has 1 aliphatic heterocycles. The minimum Gasteiger partial charge on any atom is -0.489 e. The van der Waals surface area contributed by atoms with Gasteiger partial charge in [0.1, 0.15) is 11.9 Å². The molecule has 1 fully saturated rings. The molecule has 1 aliphatic rings. The molecule has 0 aromatic heterocycles. The fourth-order valence-electron chi connectivity index (χ4n) is 2.10. The van der Waals surface area contributed by atoms with E-state index in [1.807, 2.05) is 6.07 Å². The molecule has 4 heteroatoms. The van der Waals surface area contributed by atoms with Crippen molar-refractivity contribution in [1.29, 1.82) is 0 Å². The van der Waals surface area contributed by atoms with E-state index in [0.29, 0.717) is 6.10 Å². The van der Waals surface area contributed by atoms with Gasteiger partial charge in [0.25, 0.3) is 0 Å². The van der Waals surface area contributed by atoms with Crippen LogP contribution in [0.25, 0.3) is 0 Å². The highest BCUT2D eigenvalue weighted by Gasteiger charge is 2.22. The molecule has 0 bridgehead atoms. The largest absolute Gasteiger partial charge is 0.489 e. The monoisotopic (exact) mass is 333 g/mol. The first-order valence-corrected chi connectivity index (χ1v) is 6.93. The number of nitrogens with one attached hydrogen (secondary N) is 1. The Balaban J connectivity index is 0.00000162. The van der Waals surface area contributed by atoms with Gasteiger partial charge in [-0.15, -0.1) is 12.4 Å². The molecule has 1 heterocycles. The fraction of sp³-hybridized carbons (Fsp3) is 0.571. The molecule has 1 saturated heterocycles. The number of benzene rings is 1. The van der Waals surface area contributed by atoms with Crippen LogP contribution in [-0.4, -0.2) is 19.2 Å². The average Bonchev–Trinajstić information content (AvgIpc) is 2.72. The second kappa shape index (κ2) is 6.27. The van der Waals surface area contributed by atoms with Gasteiger partial charge in [0.15, 0.2) is 0 Å². The lowest BCUT2D eigenvalue weighted by molar-refractivity contribution is 0.218. The van der Waals surface area contributed by atoms with Crippen LogP contribution < -0.4 is 10.1 Å². The van der Waals surface area contributed by atoms with Gasteiger partial charge in [0.2, 0.25) is 0 Å². The van der Waals surface area contributed by atoms with Gasteiger partial charge in [0, 0.05) is 16.6 Å². The van der Waals surface area contributed by atoms with Crippen LogP contribution in [0.5, 0.6) is 5.75 Å². The molecule has 1 aromatic carbocycles. The molecule has 0 amide bonds. The molecule has 2 nitrogen and oxygen atoms in total. The van der Waals surface area contributed by atoms with Crippen LogP contribution in [0.4, 0.5) is 0 Å². The first-order valence-electron chi connectivity index (χ1n) is 6.14. The van der Waals surface area contributed by atoms with Crippen LogP contribution in [0, 0.1) is 0 Å². The molecule has 102 valence electrons. The SMILES string of the molecule is CC(C)(C)c1cc(Br)ccc1OC1CCNC1.Cl. The van der Waals surface area contributed by atoms with E-state index in [4.69, 9.17) is 4.74 Å². The Morgan fingerprint density at radius 1 is 1.33 bits per heavy atom. The van der Waals surface area contributed by atoms with Gasteiger partial charge in [-0.1, -0.05) is 36.7 Å². The second-order valence-corrected chi connectivity index (χ2v) is 6.54. The molecule has 2 rings (SSSR count). The maximum absolute atomic E-state index is 6.10. The molecule has 0 radical (unpaired) electrons. The van der Waals surface area contributed by atoms with Crippen molar-refractivity contribution in [3.05, 3.63) is 28.2 Å². The van der Waals surface area contributed by atoms with E-state index in [1.54, 1.807) is 0 Å². The first-order chi connectivity index (χ1) is 7.97.